The van der Waals surface area contributed by atoms with Crippen LogP contribution in [0.1, 0.15) is 27.0 Å². The summed E-state index contributed by atoms with van der Waals surface area (Å²) in [6.45, 7) is 0. The Bertz CT molecular complexity index is 1210. The molecule has 2 aromatic heterocycles. The number of carbonyl (C=O) groups is 1. The van der Waals surface area contributed by atoms with Crippen molar-refractivity contribution in [3.05, 3.63) is 86.8 Å². The maximum absolute atomic E-state index is 13.3. The number of Topliss-reactive ketones (excluding diaryl/α,β-unsaturated/α-hetero) is 1. The second-order valence-electron chi connectivity index (χ2n) is 6.94. The van der Waals surface area contributed by atoms with Gasteiger partial charge in [-0.1, -0.05) is 46.3 Å². The first-order valence-electron chi connectivity index (χ1n) is 8.85. The van der Waals surface area contributed by atoms with Crippen LogP contribution in [0.15, 0.2) is 70.5 Å². The van der Waals surface area contributed by atoms with Crippen LogP contribution >= 0.6 is 27.3 Å². The number of imidazole rings is 1. The Labute approximate surface area is 174 Å². The van der Waals surface area contributed by atoms with Crippen molar-refractivity contribution in [2.45, 2.75) is 11.3 Å². The summed E-state index contributed by atoms with van der Waals surface area (Å²) in [7, 11) is 0. The quantitative estimate of drug-likeness (QED) is 0.423. The van der Waals surface area contributed by atoms with Gasteiger partial charge in [0.1, 0.15) is 11.2 Å². The lowest BCUT2D eigenvalue weighted by atomic mass is 9.99. The standard InChI is InChI=1S/C22H14BrN3OS/c23-14-6-3-5-13(11-14)18-19(20(27)17-9-4-10-28-17)22(18,12-24)21-25-15-7-1-2-8-16(15)26-21/h1-11,18-19H,(H,25,26)/t18-,19+,22+/m0/s1. The number of thiophene rings is 1. The minimum atomic E-state index is -0.999. The highest BCUT2D eigenvalue weighted by atomic mass is 79.9. The average molecular weight is 448 g/mol. The Morgan fingerprint density at radius 1 is 1.18 bits per heavy atom. The molecule has 6 heteroatoms. The van der Waals surface area contributed by atoms with E-state index in [1.54, 1.807) is 0 Å². The summed E-state index contributed by atoms with van der Waals surface area (Å²) in [5.74, 6) is -0.144. The highest BCUT2D eigenvalue weighted by molar-refractivity contribution is 9.10. The summed E-state index contributed by atoms with van der Waals surface area (Å²) < 4.78 is 0.927. The van der Waals surface area contributed by atoms with E-state index in [1.807, 2.05) is 66.0 Å². The normalized spacial score (nSPS) is 23.4. The summed E-state index contributed by atoms with van der Waals surface area (Å²) in [4.78, 5) is 22.0. The maximum Gasteiger partial charge on any atom is 0.178 e. The number of rotatable bonds is 4. The Morgan fingerprint density at radius 3 is 2.75 bits per heavy atom. The van der Waals surface area contributed by atoms with E-state index in [-0.39, 0.29) is 11.7 Å². The van der Waals surface area contributed by atoms with E-state index in [2.05, 4.69) is 27.0 Å². The van der Waals surface area contributed by atoms with Crippen molar-refractivity contribution in [2.24, 2.45) is 5.92 Å². The molecule has 0 unspecified atom stereocenters. The van der Waals surface area contributed by atoms with Gasteiger partial charge in [0.25, 0.3) is 0 Å². The Kier molecular flexibility index (Phi) is 3.97. The third-order valence-corrected chi connectivity index (χ3v) is 6.80. The van der Waals surface area contributed by atoms with Crippen LogP contribution < -0.4 is 0 Å². The number of hydrogen-bond acceptors (Lipinski definition) is 4. The van der Waals surface area contributed by atoms with Gasteiger partial charge in [0.2, 0.25) is 0 Å². The van der Waals surface area contributed by atoms with Gasteiger partial charge in [-0.2, -0.15) is 5.26 Å². The van der Waals surface area contributed by atoms with Gasteiger partial charge in [0, 0.05) is 10.4 Å². The number of H-pyrrole nitrogens is 1. The number of benzene rings is 2. The molecule has 2 aromatic carbocycles. The first-order chi connectivity index (χ1) is 13.6. The Morgan fingerprint density at radius 2 is 2.04 bits per heavy atom. The van der Waals surface area contributed by atoms with E-state index in [0.29, 0.717) is 10.7 Å². The predicted octanol–water partition coefficient (Wildman–Crippen LogP) is 5.44. The minimum absolute atomic E-state index is 0.00183. The zero-order valence-electron chi connectivity index (χ0n) is 14.6. The number of fused-ring (bicyclic) bond motifs is 1. The van der Waals surface area contributed by atoms with E-state index in [4.69, 9.17) is 4.98 Å². The zero-order valence-corrected chi connectivity index (χ0v) is 17.0. The molecule has 3 atom stereocenters. The molecule has 136 valence electrons. The molecule has 4 aromatic rings. The van der Waals surface area contributed by atoms with Crippen LogP contribution in [0, 0.1) is 17.2 Å². The molecular formula is C22H14BrN3OS. The van der Waals surface area contributed by atoms with Crippen molar-refractivity contribution in [3.63, 3.8) is 0 Å². The van der Waals surface area contributed by atoms with E-state index < -0.39 is 11.3 Å². The lowest BCUT2D eigenvalue weighted by Crippen LogP contribution is -2.15. The summed E-state index contributed by atoms with van der Waals surface area (Å²) in [5, 5.41) is 12.2. The summed E-state index contributed by atoms with van der Waals surface area (Å²) in [6.07, 6.45) is 0. The highest BCUT2D eigenvalue weighted by Crippen LogP contribution is 2.66. The molecular weight excluding hydrogens is 434 g/mol. The van der Waals surface area contributed by atoms with Gasteiger partial charge >= 0.3 is 0 Å². The number of halogens is 1. The van der Waals surface area contributed by atoms with Gasteiger partial charge in [-0.15, -0.1) is 11.3 Å². The van der Waals surface area contributed by atoms with E-state index in [9.17, 15) is 10.1 Å². The van der Waals surface area contributed by atoms with Crippen molar-refractivity contribution < 1.29 is 4.79 Å². The summed E-state index contributed by atoms with van der Waals surface area (Å²) in [6, 6.07) is 21.7. The first kappa shape index (κ1) is 17.4. The van der Waals surface area contributed by atoms with Crippen LogP contribution in [0.5, 0.6) is 0 Å². The number of aromatic amines is 1. The Hall–Kier alpha value is -2.75. The number of para-hydroxylation sites is 2. The molecule has 0 bridgehead atoms. The van der Waals surface area contributed by atoms with E-state index in [1.165, 1.54) is 11.3 Å². The molecule has 4 nitrogen and oxygen atoms in total. The molecule has 0 spiro atoms. The molecule has 2 heterocycles. The molecule has 1 aliphatic rings. The van der Waals surface area contributed by atoms with Crippen LogP contribution in [0.25, 0.3) is 11.0 Å². The average Bonchev–Trinajstić information content (AvgIpc) is 3.06. The second-order valence-corrected chi connectivity index (χ2v) is 8.80. The third-order valence-electron chi connectivity index (χ3n) is 5.43. The molecule has 28 heavy (non-hydrogen) atoms. The molecule has 0 radical (unpaired) electrons. The molecule has 0 saturated heterocycles. The molecule has 0 aliphatic heterocycles. The number of nitriles is 1. The minimum Gasteiger partial charge on any atom is -0.341 e. The number of nitrogens with one attached hydrogen (secondary N) is 1. The van der Waals surface area contributed by atoms with Crippen molar-refractivity contribution in [3.8, 4) is 6.07 Å². The number of aromatic nitrogens is 2. The van der Waals surface area contributed by atoms with Crippen molar-refractivity contribution in [1.82, 2.24) is 9.97 Å². The summed E-state index contributed by atoms with van der Waals surface area (Å²) >= 11 is 4.92. The molecule has 1 fully saturated rings. The fraction of sp³-hybridized carbons (Fsp3) is 0.136. The number of ketones is 1. The van der Waals surface area contributed by atoms with E-state index in [0.717, 1.165) is 21.1 Å². The van der Waals surface area contributed by atoms with Gasteiger partial charge in [-0.25, -0.2) is 4.98 Å². The monoisotopic (exact) mass is 447 g/mol. The summed E-state index contributed by atoms with van der Waals surface area (Å²) in [5.41, 5.74) is 1.64. The molecule has 1 saturated carbocycles. The number of carbonyl (C=O) groups excluding carboxylic acids is 1. The second kappa shape index (κ2) is 6.40. The van der Waals surface area contributed by atoms with E-state index >= 15 is 0 Å². The van der Waals surface area contributed by atoms with Crippen molar-refractivity contribution in [2.75, 3.05) is 0 Å². The van der Waals surface area contributed by atoms with Gasteiger partial charge in [0.15, 0.2) is 5.78 Å². The molecule has 1 N–H and O–H groups in total. The van der Waals surface area contributed by atoms with Gasteiger partial charge in [0.05, 0.1) is 27.9 Å². The predicted molar refractivity (Wildman–Crippen MR) is 112 cm³/mol. The van der Waals surface area contributed by atoms with Crippen LogP contribution in [0.3, 0.4) is 0 Å². The fourth-order valence-corrected chi connectivity index (χ4v) is 5.23. The highest BCUT2D eigenvalue weighted by Gasteiger charge is 2.72. The van der Waals surface area contributed by atoms with Crippen LogP contribution in [0.2, 0.25) is 0 Å². The van der Waals surface area contributed by atoms with Gasteiger partial charge in [-0.05, 0) is 41.3 Å². The lowest BCUT2D eigenvalue weighted by Gasteiger charge is -2.06. The van der Waals surface area contributed by atoms with Crippen LogP contribution in [0.4, 0.5) is 0 Å². The van der Waals surface area contributed by atoms with Crippen molar-refractivity contribution >= 4 is 44.1 Å². The number of nitrogens with zero attached hydrogens (tertiary/aromatic N) is 2. The maximum atomic E-state index is 13.3. The van der Waals surface area contributed by atoms with Crippen LogP contribution in [-0.2, 0) is 5.41 Å². The Balaban J connectivity index is 1.68. The fourth-order valence-electron chi connectivity index (χ4n) is 4.11. The smallest absolute Gasteiger partial charge is 0.178 e. The molecule has 1 aliphatic carbocycles. The number of hydrogen-bond donors (Lipinski definition) is 1. The lowest BCUT2D eigenvalue weighted by molar-refractivity contribution is 0.0963. The first-order valence-corrected chi connectivity index (χ1v) is 10.5. The van der Waals surface area contributed by atoms with Gasteiger partial charge in [-0.3, -0.25) is 4.79 Å². The topological polar surface area (TPSA) is 69.5 Å². The molecule has 0 amide bonds. The zero-order chi connectivity index (χ0) is 19.3. The van der Waals surface area contributed by atoms with Crippen molar-refractivity contribution in [1.29, 1.82) is 5.26 Å². The third kappa shape index (κ3) is 2.47. The molecule has 5 rings (SSSR count). The SMILES string of the molecule is N#C[C@]1(c2nc3ccccc3[nH]2)[C@@H](C(=O)c2cccs2)[C@@H]1c1cccc(Br)c1. The van der Waals surface area contributed by atoms with Gasteiger partial charge < -0.3 is 4.98 Å². The van der Waals surface area contributed by atoms with Crippen LogP contribution in [-0.4, -0.2) is 15.8 Å². The largest absolute Gasteiger partial charge is 0.341 e.